The highest BCUT2D eigenvalue weighted by Crippen LogP contribution is 2.32. The molecule has 7 nitrogen and oxygen atoms in total. The van der Waals surface area contributed by atoms with Crippen LogP contribution in [0.25, 0.3) is 0 Å². The van der Waals surface area contributed by atoms with Crippen LogP contribution in [0.4, 0.5) is 17.6 Å². The van der Waals surface area contributed by atoms with Gasteiger partial charge in [-0.05, 0) is 0 Å². The highest BCUT2D eigenvalue weighted by Gasteiger charge is 2.35. The molecule has 0 saturated heterocycles. The number of sulfonamides is 2. The molecule has 0 unspecified atom stereocenters. The van der Waals surface area contributed by atoms with E-state index < -0.39 is 60.6 Å². The zero-order valence-electron chi connectivity index (χ0n) is 12.0. The van der Waals surface area contributed by atoms with E-state index in [2.05, 4.69) is 16.1 Å². The van der Waals surface area contributed by atoms with Crippen LogP contribution < -0.4 is 8.86 Å². The highest BCUT2D eigenvalue weighted by molar-refractivity contribution is 8.04. The molecule has 0 atom stereocenters. The second kappa shape index (κ2) is 7.36. The maximum atomic E-state index is 13.8. The van der Waals surface area contributed by atoms with Crippen molar-refractivity contribution in [2.24, 2.45) is 0 Å². The van der Waals surface area contributed by atoms with Gasteiger partial charge in [0.1, 0.15) is 13.2 Å². The van der Waals surface area contributed by atoms with E-state index in [-0.39, 0.29) is 6.61 Å². The molecule has 0 aromatic heterocycles. The van der Waals surface area contributed by atoms with Crippen LogP contribution in [0.15, 0.2) is 17.7 Å². The van der Waals surface area contributed by atoms with Gasteiger partial charge in [0.25, 0.3) is 10.0 Å². The molecular formula is C11H11F4NO6S2. The van der Waals surface area contributed by atoms with Gasteiger partial charge >= 0.3 is 0 Å². The summed E-state index contributed by atoms with van der Waals surface area (Å²) in [6, 6.07) is 0. The number of hydrogen-bond donors (Lipinski definition) is 1. The van der Waals surface area contributed by atoms with Crippen molar-refractivity contribution in [2.75, 3.05) is 19.5 Å². The van der Waals surface area contributed by atoms with E-state index in [0.29, 0.717) is 6.26 Å². The molecule has 13 heteroatoms. The van der Waals surface area contributed by atoms with E-state index >= 15 is 0 Å². The van der Waals surface area contributed by atoms with E-state index in [0.717, 1.165) is 10.4 Å². The molecule has 0 bridgehead atoms. The fraction of sp³-hybridized carbons (Fsp3) is 0.273. The Hall–Kier alpha value is -1.86. The minimum Gasteiger partial charge on any atom is -0.498 e. The Balaban J connectivity index is 3.40. The van der Waals surface area contributed by atoms with Crippen LogP contribution in [0.2, 0.25) is 0 Å². The molecular weight excluding hydrogens is 382 g/mol. The zero-order chi connectivity index (χ0) is 18.7. The number of nitrogens with one attached hydrogen (secondary N) is 1. The molecule has 0 aliphatic rings. The first kappa shape index (κ1) is 20.2. The van der Waals surface area contributed by atoms with Crippen molar-refractivity contribution in [3.8, 4) is 5.75 Å². The summed E-state index contributed by atoms with van der Waals surface area (Å²) in [7, 11) is -9.92. The third-order valence-corrected chi connectivity index (χ3v) is 5.26. The summed E-state index contributed by atoms with van der Waals surface area (Å²) in [5.74, 6) is -10.5. The first-order chi connectivity index (χ1) is 10.9. The minimum absolute atomic E-state index is 0.263. The zero-order valence-corrected chi connectivity index (χ0v) is 13.6. The summed E-state index contributed by atoms with van der Waals surface area (Å²) in [5, 5.41) is 0. The van der Waals surface area contributed by atoms with Crippen LogP contribution in [-0.2, 0) is 24.8 Å². The average molecular weight is 393 g/mol. The van der Waals surface area contributed by atoms with Crippen LogP contribution in [-0.4, -0.2) is 36.3 Å². The molecule has 1 aromatic rings. The molecule has 136 valence electrons. The lowest BCUT2D eigenvalue weighted by Crippen LogP contribution is -2.31. The van der Waals surface area contributed by atoms with E-state index in [4.69, 9.17) is 0 Å². The minimum atomic E-state index is -5.43. The van der Waals surface area contributed by atoms with Gasteiger partial charge in [-0.15, -0.1) is 4.13 Å². The Bertz CT molecular complexity index is 825. The fourth-order valence-corrected chi connectivity index (χ4v) is 4.05. The van der Waals surface area contributed by atoms with Gasteiger partial charge in [-0.2, -0.15) is 8.78 Å². The van der Waals surface area contributed by atoms with Gasteiger partial charge in [-0.25, -0.2) is 25.6 Å². The van der Waals surface area contributed by atoms with Crippen LogP contribution in [0.1, 0.15) is 0 Å². The fourth-order valence-electron chi connectivity index (χ4n) is 1.47. The second-order valence-corrected chi connectivity index (χ2v) is 7.79. The Morgan fingerprint density at radius 2 is 1.50 bits per heavy atom. The number of hydrogen-bond acceptors (Lipinski definition) is 6. The van der Waals surface area contributed by atoms with E-state index in [1.54, 1.807) is 0 Å². The van der Waals surface area contributed by atoms with Gasteiger partial charge in [0.15, 0.2) is 22.3 Å². The van der Waals surface area contributed by atoms with Crippen molar-refractivity contribution >= 4 is 20.0 Å². The molecule has 1 rings (SSSR count). The van der Waals surface area contributed by atoms with Crippen LogP contribution in [0, 0.1) is 23.3 Å². The summed E-state index contributed by atoms with van der Waals surface area (Å²) in [6.07, 6.45) is 1.34. The summed E-state index contributed by atoms with van der Waals surface area (Å²) in [6.45, 7) is 2.37. The predicted octanol–water partition coefficient (Wildman–Crippen LogP) is 1.02. The average Bonchev–Trinajstić information content (AvgIpc) is 2.41. The SMILES string of the molecule is C=COCCOc1c(F)c(F)c(S(=O)(=O)NS(C)(=O)=O)c(F)c1F. The Morgan fingerprint density at radius 1 is 1.00 bits per heavy atom. The standard InChI is InChI=1S/C11H11F4NO6S2/c1-3-21-4-5-22-10-6(12)8(14)11(9(15)7(10)13)24(19,20)16-23(2,17)18/h3,16H,1,4-5H2,2H3. The Kier molecular flexibility index (Phi) is 6.19. The molecule has 1 N–H and O–H groups in total. The summed E-state index contributed by atoms with van der Waals surface area (Å²) < 4.78 is 110. The monoisotopic (exact) mass is 393 g/mol. The lowest BCUT2D eigenvalue weighted by molar-refractivity contribution is 0.168. The molecule has 0 radical (unpaired) electrons. The number of rotatable bonds is 8. The maximum absolute atomic E-state index is 13.8. The second-order valence-electron chi connectivity index (χ2n) is 4.16. The molecule has 0 saturated carbocycles. The quantitative estimate of drug-likeness (QED) is 0.306. The number of halogens is 4. The normalized spacial score (nSPS) is 12.0. The van der Waals surface area contributed by atoms with Crippen molar-refractivity contribution < 1.29 is 43.9 Å². The van der Waals surface area contributed by atoms with Crippen molar-refractivity contribution in [1.82, 2.24) is 4.13 Å². The van der Waals surface area contributed by atoms with Crippen molar-refractivity contribution in [3.63, 3.8) is 0 Å². The smallest absolute Gasteiger partial charge is 0.259 e. The topological polar surface area (TPSA) is 98.8 Å². The Labute approximate surface area is 135 Å². The van der Waals surface area contributed by atoms with Crippen LogP contribution in [0.3, 0.4) is 0 Å². The maximum Gasteiger partial charge on any atom is 0.259 e. The van der Waals surface area contributed by atoms with Gasteiger partial charge in [0.2, 0.25) is 21.7 Å². The van der Waals surface area contributed by atoms with Gasteiger partial charge < -0.3 is 9.47 Å². The molecule has 0 fully saturated rings. The molecule has 0 heterocycles. The van der Waals surface area contributed by atoms with Crippen molar-refractivity contribution in [2.45, 2.75) is 4.90 Å². The van der Waals surface area contributed by atoms with E-state index in [1.165, 1.54) is 0 Å². The van der Waals surface area contributed by atoms with Crippen LogP contribution >= 0.6 is 0 Å². The van der Waals surface area contributed by atoms with Gasteiger partial charge in [-0.3, -0.25) is 0 Å². The largest absolute Gasteiger partial charge is 0.498 e. The number of ether oxygens (including phenoxy) is 2. The summed E-state index contributed by atoms with van der Waals surface area (Å²) >= 11 is 0. The third-order valence-electron chi connectivity index (χ3n) is 2.28. The van der Waals surface area contributed by atoms with Gasteiger partial charge in [-0.1, -0.05) is 6.58 Å². The first-order valence-electron chi connectivity index (χ1n) is 5.87. The molecule has 0 amide bonds. The molecule has 24 heavy (non-hydrogen) atoms. The van der Waals surface area contributed by atoms with Gasteiger partial charge in [0, 0.05) is 0 Å². The molecule has 1 aromatic carbocycles. The van der Waals surface area contributed by atoms with Crippen molar-refractivity contribution in [3.05, 3.63) is 36.1 Å². The van der Waals surface area contributed by atoms with Gasteiger partial charge in [0.05, 0.1) is 12.5 Å². The predicted molar refractivity (Wildman–Crippen MR) is 73.1 cm³/mol. The van der Waals surface area contributed by atoms with Crippen LogP contribution in [0.5, 0.6) is 5.75 Å². The first-order valence-corrected chi connectivity index (χ1v) is 9.24. The summed E-state index contributed by atoms with van der Waals surface area (Å²) in [4.78, 5) is -2.13. The highest BCUT2D eigenvalue weighted by atomic mass is 32.3. The lowest BCUT2D eigenvalue weighted by atomic mass is 10.3. The molecule has 0 aliphatic heterocycles. The van der Waals surface area contributed by atoms with E-state index in [9.17, 15) is 34.4 Å². The van der Waals surface area contributed by atoms with Crippen molar-refractivity contribution in [1.29, 1.82) is 0 Å². The summed E-state index contributed by atoms with van der Waals surface area (Å²) in [5.41, 5.74) is 0. The van der Waals surface area contributed by atoms with E-state index in [1.807, 2.05) is 0 Å². The molecule has 0 spiro atoms. The lowest BCUT2D eigenvalue weighted by Gasteiger charge is -2.13. The number of benzene rings is 1. The molecule has 0 aliphatic carbocycles. The third kappa shape index (κ3) is 4.58. The Morgan fingerprint density at radius 3 is 1.92 bits per heavy atom.